The van der Waals surface area contributed by atoms with Gasteiger partial charge in [-0.1, -0.05) is 20.4 Å². The van der Waals surface area contributed by atoms with Crippen LogP contribution in [-0.4, -0.2) is 4.98 Å². The van der Waals surface area contributed by atoms with E-state index < -0.39 is 0 Å². The topological polar surface area (TPSA) is 22.1 Å². The van der Waals surface area contributed by atoms with Crippen molar-refractivity contribution in [2.75, 3.05) is 0 Å². The van der Waals surface area contributed by atoms with Gasteiger partial charge < -0.3 is 4.74 Å². The SMILES string of the molecule is C=C(CCC)Oc1ccc(CC)nc1. The fourth-order valence-corrected chi connectivity index (χ4v) is 1.18. The number of allylic oxidation sites excluding steroid dienone is 1. The second-order valence-corrected chi connectivity index (χ2v) is 3.23. The molecule has 0 aliphatic carbocycles. The molecule has 1 aromatic rings. The van der Waals surface area contributed by atoms with Crippen molar-refractivity contribution in [3.8, 4) is 5.75 Å². The lowest BCUT2D eigenvalue weighted by atomic mass is 10.3. The standard InChI is InChI=1S/C12H17NO/c1-4-6-10(3)14-12-8-7-11(5-2)13-9-12/h7-9H,3-6H2,1-2H3. The first-order valence-electron chi connectivity index (χ1n) is 5.06. The molecule has 76 valence electrons. The van der Waals surface area contributed by atoms with Crippen LogP contribution in [-0.2, 0) is 6.42 Å². The van der Waals surface area contributed by atoms with Gasteiger partial charge in [0.1, 0.15) is 5.75 Å². The average molecular weight is 191 g/mol. The summed E-state index contributed by atoms with van der Waals surface area (Å²) in [7, 11) is 0. The van der Waals surface area contributed by atoms with Crippen molar-refractivity contribution in [2.24, 2.45) is 0 Å². The van der Waals surface area contributed by atoms with Gasteiger partial charge in [0.2, 0.25) is 0 Å². The Balaban J connectivity index is 2.55. The molecule has 0 bridgehead atoms. The fourth-order valence-electron chi connectivity index (χ4n) is 1.18. The van der Waals surface area contributed by atoms with E-state index in [2.05, 4.69) is 25.4 Å². The zero-order chi connectivity index (χ0) is 10.4. The summed E-state index contributed by atoms with van der Waals surface area (Å²) in [5, 5.41) is 0. The number of hydrogen-bond donors (Lipinski definition) is 0. The molecule has 0 aromatic carbocycles. The van der Waals surface area contributed by atoms with Gasteiger partial charge in [0.15, 0.2) is 0 Å². The number of rotatable bonds is 5. The molecule has 0 spiro atoms. The quantitative estimate of drug-likeness (QED) is 0.666. The molecule has 0 aliphatic heterocycles. The van der Waals surface area contributed by atoms with Gasteiger partial charge in [0.25, 0.3) is 0 Å². The molecule has 0 unspecified atom stereocenters. The van der Waals surface area contributed by atoms with Gasteiger partial charge in [0, 0.05) is 12.1 Å². The first-order chi connectivity index (χ1) is 6.76. The molecule has 0 amide bonds. The molecule has 2 nitrogen and oxygen atoms in total. The van der Waals surface area contributed by atoms with Crippen LogP contribution < -0.4 is 4.74 Å². The third-order valence-electron chi connectivity index (χ3n) is 1.95. The summed E-state index contributed by atoms with van der Waals surface area (Å²) in [6, 6.07) is 3.92. The third-order valence-corrected chi connectivity index (χ3v) is 1.95. The minimum Gasteiger partial charge on any atom is -0.461 e. The normalized spacial score (nSPS) is 9.86. The summed E-state index contributed by atoms with van der Waals surface area (Å²) in [6.45, 7) is 8.02. The first-order valence-corrected chi connectivity index (χ1v) is 5.06. The summed E-state index contributed by atoms with van der Waals surface area (Å²) in [5.74, 6) is 1.58. The van der Waals surface area contributed by atoms with Crippen LogP contribution in [0.25, 0.3) is 0 Å². The molecule has 0 saturated heterocycles. The Bertz CT molecular complexity index is 290. The maximum atomic E-state index is 5.50. The summed E-state index contributed by atoms with van der Waals surface area (Å²) < 4.78 is 5.50. The number of nitrogens with zero attached hydrogens (tertiary/aromatic N) is 1. The maximum absolute atomic E-state index is 5.50. The molecular formula is C12H17NO. The number of pyridine rings is 1. The molecule has 0 saturated carbocycles. The van der Waals surface area contributed by atoms with Gasteiger partial charge >= 0.3 is 0 Å². The van der Waals surface area contributed by atoms with E-state index in [-0.39, 0.29) is 0 Å². The van der Waals surface area contributed by atoms with Crippen LogP contribution >= 0.6 is 0 Å². The first kappa shape index (κ1) is 10.8. The Morgan fingerprint density at radius 1 is 1.43 bits per heavy atom. The molecular weight excluding hydrogens is 174 g/mol. The van der Waals surface area contributed by atoms with Crippen molar-refractivity contribution in [2.45, 2.75) is 33.1 Å². The van der Waals surface area contributed by atoms with Crippen LogP contribution in [0, 0.1) is 0 Å². The Hall–Kier alpha value is -1.31. The van der Waals surface area contributed by atoms with Crippen molar-refractivity contribution >= 4 is 0 Å². The predicted molar refractivity (Wildman–Crippen MR) is 58.3 cm³/mol. The van der Waals surface area contributed by atoms with Crippen molar-refractivity contribution in [1.29, 1.82) is 0 Å². The zero-order valence-electron chi connectivity index (χ0n) is 8.92. The Morgan fingerprint density at radius 2 is 2.21 bits per heavy atom. The van der Waals surface area contributed by atoms with E-state index in [1.54, 1.807) is 6.20 Å². The lowest BCUT2D eigenvalue weighted by Gasteiger charge is -2.07. The number of ether oxygens (including phenoxy) is 1. The highest BCUT2D eigenvalue weighted by Crippen LogP contribution is 2.14. The van der Waals surface area contributed by atoms with Crippen LogP contribution in [0.1, 0.15) is 32.4 Å². The van der Waals surface area contributed by atoms with Crippen molar-refractivity contribution in [3.05, 3.63) is 36.4 Å². The van der Waals surface area contributed by atoms with Gasteiger partial charge in [-0.3, -0.25) is 4.98 Å². The molecule has 1 aromatic heterocycles. The Labute approximate surface area is 85.6 Å². The highest BCUT2D eigenvalue weighted by molar-refractivity contribution is 5.21. The molecule has 1 rings (SSSR count). The van der Waals surface area contributed by atoms with Gasteiger partial charge in [-0.15, -0.1) is 0 Å². The minimum atomic E-state index is 0.778. The largest absolute Gasteiger partial charge is 0.461 e. The van der Waals surface area contributed by atoms with E-state index in [1.807, 2.05) is 12.1 Å². The number of aryl methyl sites for hydroxylation is 1. The lowest BCUT2D eigenvalue weighted by Crippen LogP contribution is -1.94. The molecule has 0 radical (unpaired) electrons. The summed E-state index contributed by atoms with van der Waals surface area (Å²) >= 11 is 0. The summed E-state index contributed by atoms with van der Waals surface area (Å²) in [4.78, 5) is 4.24. The van der Waals surface area contributed by atoms with Crippen LogP contribution in [0.15, 0.2) is 30.7 Å². The van der Waals surface area contributed by atoms with Gasteiger partial charge in [-0.2, -0.15) is 0 Å². The van der Waals surface area contributed by atoms with E-state index in [0.717, 1.165) is 36.5 Å². The van der Waals surface area contributed by atoms with Crippen LogP contribution in [0.3, 0.4) is 0 Å². The second kappa shape index (κ2) is 5.43. The molecule has 0 fully saturated rings. The van der Waals surface area contributed by atoms with Crippen LogP contribution in [0.4, 0.5) is 0 Å². The monoisotopic (exact) mass is 191 g/mol. The molecule has 0 N–H and O–H groups in total. The smallest absolute Gasteiger partial charge is 0.145 e. The summed E-state index contributed by atoms with van der Waals surface area (Å²) in [6.07, 6.45) is 4.66. The average Bonchev–Trinajstić information content (AvgIpc) is 2.19. The summed E-state index contributed by atoms with van der Waals surface area (Å²) in [5.41, 5.74) is 1.08. The van der Waals surface area contributed by atoms with Gasteiger partial charge in [-0.25, -0.2) is 0 Å². The van der Waals surface area contributed by atoms with E-state index in [4.69, 9.17) is 4.74 Å². The third kappa shape index (κ3) is 3.21. The van der Waals surface area contributed by atoms with Gasteiger partial charge in [0.05, 0.1) is 12.0 Å². The highest BCUT2D eigenvalue weighted by Gasteiger charge is 1.97. The molecule has 0 aliphatic rings. The van der Waals surface area contributed by atoms with Crippen molar-refractivity contribution in [1.82, 2.24) is 4.98 Å². The van der Waals surface area contributed by atoms with E-state index in [0.29, 0.717) is 0 Å². The highest BCUT2D eigenvalue weighted by atomic mass is 16.5. The number of aromatic nitrogens is 1. The van der Waals surface area contributed by atoms with E-state index in [1.165, 1.54) is 0 Å². The number of hydrogen-bond acceptors (Lipinski definition) is 2. The molecule has 1 heterocycles. The van der Waals surface area contributed by atoms with E-state index >= 15 is 0 Å². The van der Waals surface area contributed by atoms with Gasteiger partial charge in [-0.05, 0) is 25.0 Å². The van der Waals surface area contributed by atoms with Crippen molar-refractivity contribution < 1.29 is 4.74 Å². The van der Waals surface area contributed by atoms with Crippen LogP contribution in [0.5, 0.6) is 5.75 Å². The van der Waals surface area contributed by atoms with Crippen LogP contribution in [0.2, 0.25) is 0 Å². The Morgan fingerprint density at radius 3 is 2.71 bits per heavy atom. The predicted octanol–water partition coefficient (Wildman–Crippen LogP) is 3.34. The Kier molecular flexibility index (Phi) is 4.17. The minimum absolute atomic E-state index is 0.778. The van der Waals surface area contributed by atoms with E-state index in [9.17, 15) is 0 Å². The fraction of sp³-hybridized carbons (Fsp3) is 0.417. The lowest BCUT2D eigenvalue weighted by molar-refractivity contribution is 0.402. The molecule has 14 heavy (non-hydrogen) atoms. The zero-order valence-corrected chi connectivity index (χ0v) is 8.92. The van der Waals surface area contributed by atoms with Crippen molar-refractivity contribution in [3.63, 3.8) is 0 Å². The molecule has 2 heteroatoms. The maximum Gasteiger partial charge on any atom is 0.145 e. The second-order valence-electron chi connectivity index (χ2n) is 3.23. The molecule has 0 atom stereocenters.